The summed E-state index contributed by atoms with van der Waals surface area (Å²) in [6.45, 7) is 8.84. The maximum absolute atomic E-state index is 12.6. The van der Waals surface area contributed by atoms with E-state index in [2.05, 4.69) is 15.5 Å². The van der Waals surface area contributed by atoms with E-state index in [1.165, 1.54) is 7.11 Å². The Morgan fingerprint density at radius 2 is 1.59 bits per heavy atom. The van der Waals surface area contributed by atoms with Gasteiger partial charge in [-0.25, -0.2) is 0 Å². The predicted molar refractivity (Wildman–Crippen MR) is 138 cm³/mol. The number of hydrogen-bond donors (Lipinski definition) is 2. The Balaban J connectivity index is 1.54. The molecule has 0 aromatic heterocycles. The lowest BCUT2D eigenvalue weighted by Gasteiger charge is -2.38. The van der Waals surface area contributed by atoms with E-state index in [1.807, 2.05) is 49.9 Å². The number of nitrogens with zero attached hydrogens (tertiary/aromatic N) is 2. The summed E-state index contributed by atoms with van der Waals surface area (Å²) in [6.07, 6.45) is 0. The summed E-state index contributed by atoms with van der Waals surface area (Å²) < 4.78 is 10.4. The molecule has 1 heterocycles. The lowest BCUT2D eigenvalue weighted by Crippen LogP contribution is -2.51. The molecule has 1 fully saturated rings. The van der Waals surface area contributed by atoms with Crippen molar-refractivity contribution in [2.45, 2.75) is 20.8 Å². The summed E-state index contributed by atoms with van der Waals surface area (Å²) >= 11 is 5.31. The van der Waals surface area contributed by atoms with Crippen molar-refractivity contribution in [1.29, 1.82) is 0 Å². The number of methoxy groups -OCH3 is 2. The number of thiocarbonyl (C=S) groups is 1. The average Bonchev–Trinajstić information content (AvgIpc) is 2.83. The van der Waals surface area contributed by atoms with Gasteiger partial charge in [0.15, 0.2) is 5.11 Å². The Morgan fingerprint density at radius 1 is 0.941 bits per heavy atom. The number of anilines is 2. The van der Waals surface area contributed by atoms with Crippen LogP contribution >= 0.6 is 12.2 Å². The van der Waals surface area contributed by atoms with Crippen molar-refractivity contribution in [3.8, 4) is 11.5 Å². The van der Waals surface area contributed by atoms with Gasteiger partial charge in [-0.3, -0.25) is 14.9 Å². The Bertz CT molecular complexity index is 1040. The van der Waals surface area contributed by atoms with E-state index >= 15 is 0 Å². The van der Waals surface area contributed by atoms with Crippen molar-refractivity contribution in [3.05, 3.63) is 48.0 Å². The second-order valence-corrected chi connectivity index (χ2v) is 9.46. The molecular weight excluding hydrogens is 452 g/mol. The maximum atomic E-state index is 12.6. The Hall–Kier alpha value is -3.33. The molecule has 2 N–H and O–H groups in total. The number of carbonyl (C=O) groups is 2. The highest BCUT2D eigenvalue weighted by Gasteiger charge is 2.29. The van der Waals surface area contributed by atoms with Gasteiger partial charge < -0.3 is 24.6 Å². The van der Waals surface area contributed by atoms with Crippen LogP contribution in [0, 0.1) is 5.41 Å². The number of carbonyl (C=O) groups excluding carboxylic acids is 2. The summed E-state index contributed by atoms with van der Waals surface area (Å²) in [6, 6.07) is 12.8. The zero-order valence-electron chi connectivity index (χ0n) is 20.3. The second kappa shape index (κ2) is 10.7. The molecule has 8 nitrogen and oxygen atoms in total. The zero-order chi connectivity index (χ0) is 24.9. The molecule has 0 unspecified atom stereocenters. The van der Waals surface area contributed by atoms with E-state index in [9.17, 15) is 9.59 Å². The molecule has 9 heteroatoms. The van der Waals surface area contributed by atoms with Crippen molar-refractivity contribution in [1.82, 2.24) is 10.2 Å². The quantitative estimate of drug-likeness (QED) is 0.629. The highest BCUT2D eigenvalue weighted by atomic mass is 32.1. The zero-order valence-corrected chi connectivity index (χ0v) is 21.1. The molecule has 0 saturated carbocycles. The number of amides is 2. The van der Waals surface area contributed by atoms with Gasteiger partial charge in [-0.2, -0.15) is 0 Å². The lowest BCUT2D eigenvalue weighted by atomic mass is 9.94. The number of rotatable bonds is 5. The SMILES string of the molecule is COc1ccc(C(=O)NC(=S)Nc2ccc(N3CCN(C(=O)C(C)(C)C)CC3)cc2)c(OC)c1. The molecule has 3 rings (SSSR count). The first-order chi connectivity index (χ1) is 16.1. The van der Waals surface area contributed by atoms with Gasteiger partial charge in [0.1, 0.15) is 11.5 Å². The third-order valence-corrected chi connectivity index (χ3v) is 5.78. The minimum atomic E-state index is -0.378. The second-order valence-electron chi connectivity index (χ2n) is 9.05. The minimum absolute atomic E-state index is 0.185. The molecule has 2 amide bonds. The molecule has 1 aliphatic rings. The van der Waals surface area contributed by atoms with Crippen LogP contribution in [0.5, 0.6) is 11.5 Å². The van der Waals surface area contributed by atoms with E-state index in [0.29, 0.717) is 30.2 Å². The number of benzene rings is 2. The Labute approximate surface area is 206 Å². The third kappa shape index (κ3) is 6.17. The Morgan fingerprint density at radius 3 is 2.15 bits per heavy atom. The molecule has 182 valence electrons. The molecule has 1 aliphatic heterocycles. The van der Waals surface area contributed by atoms with Gasteiger partial charge >= 0.3 is 0 Å². The third-order valence-electron chi connectivity index (χ3n) is 5.58. The number of nitrogens with one attached hydrogen (secondary N) is 2. The van der Waals surface area contributed by atoms with Crippen molar-refractivity contribution in [2.75, 3.05) is 50.6 Å². The molecule has 34 heavy (non-hydrogen) atoms. The van der Waals surface area contributed by atoms with Gasteiger partial charge in [0.05, 0.1) is 19.8 Å². The van der Waals surface area contributed by atoms with Crippen LogP contribution in [0.1, 0.15) is 31.1 Å². The summed E-state index contributed by atoms with van der Waals surface area (Å²) in [4.78, 5) is 29.3. The minimum Gasteiger partial charge on any atom is -0.497 e. The van der Waals surface area contributed by atoms with Crippen molar-refractivity contribution >= 4 is 40.5 Å². The number of ether oxygens (including phenoxy) is 2. The summed E-state index contributed by atoms with van der Waals surface area (Å²) in [5, 5.41) is 5.89. The van der Waals surface area contributed by atoms with Gasteiger partial charge in [0.25, 0.3) is 5.91 Å². The predicted octanol–water partition coefficient (Wildman–Crippen LogP) is 3.53. The Kier molecular flexibility index (Phi) is 7.98. The van der Waals surface area contributed by atoms with Crippen LogP contribution in [0.2, 0.25) is 0 Å². The molecule has 0 spiro atoms. The first kappa shape index (κ1) is 25.3. The normalized spacial score (nSPS) is 13.8. The highest BCUT2D eigenvalue weighted by molar-refractivity contribution is 7.80. The fraction of sp³-hybridized carbons (Fsp3) is 0.400. The molecular formula is C25H32N4O4S. The van der Waals surface area contributed by atoms with Crippen LogP contribution in [0.4, 0.5) is 11.4 Å². The molecule has 0 aliphatic carbocycles. The summed E-state index contributed by atoms with van der Waals surface area (Å²) in [5.74, 6) is 0.801. The van der Waals surface area contributed by atoms with E-state index in [-0.39, 0.29) is 22.3 Å². The summed E-state index contributed by atoms with van der Waals surface area (Å²) in [5.41, 5.74) is 1.83. The first-order valence-electron chi connectivity index (χ1n) is 11.1. The van der Waals surface area contributed by atoms with E-state index in [1.54, 1.807) is 25.3 Å². The van der Waals surface area contributed by atoms with Crippen molar-refractivity contribution < 1.29 is 19.1 Å². The van der Waals surface area contributed by atoms with E-state index < -0.39 is 0 Å². The van der Waals surface area contributed by atoms with E-state index in [4.69, 9.17) is 21.7 Å². The molecule has 2 aromatic carbocycles. The highest BCUT2D eigenvalue weighted by Crippen LogP contribution is 2.25. The van der Waals surface area contributed by atoms with E-state index in [0.717, 1.165) is 24.5 Å². The lowest BCUT2D eigenvalue weighted by molar-refractivity contribution is -0.139. The van der Waals surface area contributed by atoms with Crippen molar-refractivity contribution in [3.63, 3.8) is 0 Å². The van der Waals surface area contributed by atoms with Crippen LogP contribution in [0.15, 0.2) is 42.5 Å². The fourth-order valence-corrected chi connectivity index (χ4v) is 3.93. The van der Waals surface area contributed by atoms with Crippen LogP contribution in [-0.4, -0.2) is 62.2 Å². The van der Waals surface area contributed by atoms with Gasteiger partial charge in [-0.15, -0.1) is 0 Å². The average molecular weight is 485 g/mol. The van der Waals surface area contributed by atoms with Crippen LogP contribution < -0.4 is 25.0 Å². The fourth-order valence-electron chi connectivity index (χ4n) is 3.72. The molecule has 0 bridgehead atoms. The van der Waals surface area contributed by atoms with Crippen LogP contribution in [0.3, 0.4) is 0 Å². The molecule has 0 radical (unpaired) electrons. The maximum Gasteiger partial charge on any atom is 0.261 e. The molecule has 1 saturated heterocycles. The van der Waals surface area contributed by atoms with Gasteiger partial charge in [-0.1, -0.05) is 20.8 Å². The monoisotopic (exact) mass is 484 g/mol. The first-order valence-corrected chi connectivity index (χ1v) is 11.5. The number of piperazine rings is 1. The number of hydrogen-bond acceptors (Lipinski definition) is 6. The summed E-state index contributed by atoms with van der Waals surface area (Å²) in [7, 11) is 3.04. The molecule has 2 aromatic rings. The largest absolute Gasteiger partial charge is 0.497 e. The van der Waals surface area contributed by atoms with Crippen LogP contribution in [-0.2, 0) is 4.79 Å². The molecule has 0 atom stereocenters. The standard InChI is InChI=1S/C25H32N4O4S/c1-25(2,3)23(31)29-14-12-28(13-15-29)18-8-6-17(7-9-18)26-24(34)27-22(30)20-11-10-19(32-4)16-21(20)33-5/h6-11,16H,12-15H2,1-5H3,(H2,26,27,30,34). The van der Waals surface area contributed by atoms with Gasteiger partial charge in [-0.05, 0) is 48.6 Å². The topological polar surface area (TPSA) is 83.1 Å². The van der Waals surface area contributed by atoms with Crippen molar-refractivity contribution in [2.24, 2.45) is 5.41 Å². The smallest absolute Gasteiger partial charge is 0.261 e. The van der Waals surface area contributed by atoms with Gasteiger partial charge in [0.2, 0.25) is 5.91 Å². The van der Waals surface area contributed by atoms with Gasteiger partial charge in [0, 0.05) is 49.0 Å². The van der Waals surface area contributed by atoms with Crippen LogP contribution in [0.25, 0.3) is 0 Å².